The maximum absolute atomic E-state index is 11.1. The zero-order valence-electron chi connectivity index (χ0n) is 6.94. The smallest absolute Gasteiger partial charge is 0.187 e. The fraction of sp³-hybridized carbons (Fsp3) is 0.250. The lowest BCUT2D eigenvalue weighted by atomic mass is 10.5. The standard InChI is InChI=1S/C8H10OS3/c1-10-8(12(2)9)6-7-4-3-5-11-7/h3-6H,1-2H3. The zero-order valence-corrected chi connectivity index (χ0v) is 9.39. The van der Waals surface area contributed by atoms with Crippen LogP contribution in [0.3, 0.4) is 0 Å². The molecular formula is C8H10OS3. The Kier molecular flexibility index (Phi) is 4.21. The van der Waals surface area contributed by atoms with Crippen LogP contribution in [0.25, 0.3) is 6.08 Å². The summed E-state index contributed by atoms with van der Waals surface area (Å²) < 4.78 is 12.1. The number of hydrogen-bond donors (Lipinski definition) is 0. The second-order valence-corrected chi connectivity index (χ2v) is 5.57. The topological polar surface area (TPSA) is 23.1 Å². The van der Waals surface area contributed by atoms with Crippen molar-refractivity contribution in [1.29, 1.82) is 0 Å². The molecule has 0 spiro atoms. The molecule has 4 heteroatoms. The third-order valence-corrected chi connectivity index (χ3v) is 4.52. The molecule has 12 heavy (non-hydrogen) atoms. The summed E-state index contributed by atoms with van der Waals surface area (Å²) in [5.74, 6) is 0. The van der Waals surface area contributed by atoms with Gasteiger partial charge in [-0.1, -0.05) is 17.8 Å². The third-order valence-electron chi connectivity index (χ3n) is 1.29. The van der Waals surface area contributed by atoms with Crippen LogP contribution in [0.1, 0.15) is 4.88 Å². The molecule has 0 radical (unpaired) electrons. The van der Waals surface area contributed by atoms with Gasteiger partial charge in [0.15, 0.2) is 4.24 Å². The van der Waals surface area contributed by atoms with Crippen molar-refractivity contribution in [2.24, 2.45) is 0 Å². The van der Waals surface area contributed by atoms with Gasteiger partial charge in [-0.2, -0.15) is 0 Å². The Labute approximate surface area is 84.1 Å². The molecular weight excluding hydrogens is 208 g/mol. The molecule has 1 atom stereocenters. The van der Waals surface area contributed by atoms with E-state index >= 15 is 0 Å². The van der Waals surface area contributed by atoms with Crippen LogP contribution in [0.4, 0.5) is 0 Å². The predicted octanol–water partition coefficient (Wildman–Crippen LogP) is 2.79. The van der Waals surface area contributed by atoms with Crippen LogP contribution < -0.4 is 0 Å². The van der Waals surface area contributed by atoms with Crippen LogP contribution in [0.15, 0.2) is 21.7 Å². The van der Waals surface area contributed by atoms with E-state index < -0.39 is 11.2 Å². The molecule has 1 aromatic rings. The molecule has 1 nitrogen and oxygen atoms in total. The normalized spacial score (nSPS) is 14.8. The van der Waals surface area contributed by atoms with Crippen molar-refractivity contribution in [2.75, 3.05) is 12.5 Å². The second-order valence-electron chi connectivity index (χ2n) is 2.14. The van der Waals surface area contributed by atoms with Gasteiger partial charge in [0.05, 0.1) is 0 Å². The quantitative estimate of drug-likeness (QED) is 0.728. The van der Waals surface area contributed by atoms with E-state index in [0.717, 1.165) is 9.11 Å². The largest absolute Gasteiger partial charge is 0.611 e. The number of thiophene rings is 1. The first-order chi connectivity index (χ1) is 5.74. The number of hydrogen-bond acceptors (Lipinski definition) is 3. The zero-order chi connectivity index (χ0) is 8.97. The predicted molar refractivity (Wildman–Crippen MR) is 59.9 cm³/mol. The van der Waals surface area contributed by atoms with Crippen molar-refractivity contribution in [3.05, 3.63) is 26.6 Å². The molecule has 0 N–H and O–H groups in total. The monoisotopic (exact) mass is 218 g/mol. The maximum Gasteiger partial charge on any atom is 0.187 e. The van der Waals surface area contributed by atoms with Gasteiger partial charge in [-0.05, 0) is 28.9 Å². The molecule has 0 aliphatic rings. The van der Waals surface area contributed by atoms with Crippen molar-refractivity contribution >= 4 is 40.4 Å². The lowest BCUT2D eigenvalue weighted by Gasteiger charge is -2.04. The maximum atomic E-state index is 11.1. The summed E-state index contributed by atoms with van der Waals surface area (Å²) in [6.45, 7) is 0. The highest BCUT2D eigenvalue weighted by Crippen LogP contribution is 2.23. The first-order valence-corrected chi connectivity index (χ1v) is 7.03. The highest BCUT2D eigenvalue weighted by molar-refractivity contribution is 8.18. The lowest BCUT2D eigenvalue weighted by Crippen LogP contribution is -1.96. The van der Waals surface area contributed by atoms with Gasteiger partial charge in [-0.15, -0.1) is 11.3 Å². The second kappa shape index (κ2) is 4.97. The summed E-state index contributed by atoms with van der Waals surface area (Å²) in [5.41, 5.74) is 0. The Morgan fingerprint density at radius 1 is 1.75 bits per heavy atom. The van der Waals surface area contributed by atoms with Gasteiger partial charge in [0.1, 0.15) is 6.26 Å². The van der Waals surface area contributed by atoms with E-state index in [1.165, 1.54) is 0 Å². The van der Waals surface area contributed by atoms with Crippen molar-refractivity contribution in [2.45, 2.75) is 0 Å². The minimum absolute atomic E-state index is 0.857. The van der Waals surface area contributed by atoms with Crippen molar-refractivity contribution in [3.8, 4) is 0 Å². The molecule has 0 aliphatic carbocycles. The summed E-state index contributed by atoms with van der Waals surface area (Å²) in [7, 11) is 0. The summed E-state index contributed by atoms with van der Waals surface area (Å²) >= 11 is 2.35. The van der Waals surface area contributed by atoms with E-state index in [4.69, 9.17) is 0 Å². The molecule has 1 rings (SSSR count). The highest BCUT2D eigenvalue weighted by Gasteiger charge is 2.06. The summed E-state index contributed by atoms with van der Waals surface area (Å²) in [6, 6.07) is 4.01. The van der Waals surface area contributed by atoms with Crippen LogP contribution in [0.5, 0.6) is 0 Å². The van der Waals surface area contributed by atoms with Crippen molar-refractivity contribution in [3.63, 3.8) is 0 Å². The van der Waals surface area contributed by atoms with Crippen LogP contribution in [0, 0.1) is 0 Å². The van der Waals surface area contributed by atoms with Gasteiger partial charge in [0.2, 0.25) is 0 Å². The van der Waals surface area contributed by atoms with Crippen molar-refractivity contribution < 1.29 is 4.55 Å². The molecule has 0 saturated heterocycles. The molecule has 0 aromatic carbocycles. The van der Waals surface area contributed by atoms with E-state index in [0.29, 0.717) is 0 Å². The van der Waals surface area contributed by atoms with Crippen molar-refractivity contribution in [1.82, 2.24) is 0 Å². The van der Waals surface area contributed by atoms with E-state index in [-0.39, 0.29) is 0 Å². The van der Waals surface area contributed by atoms with E-state index in [1.807, 2.05) is 29.8 Å². The first-order valence-electron chi connectivity index (χ1n) is 3.36. The average molecular weight is 218 g/mol. The number of thioether (sulfide) groups is 1. The van der Waals surface area contributed by atoms with Gasteiger partial charge in [0.25, 0.3) is 0 Å². The molecule has 0 aliphatic heterocycles. The Morgan fingerprint density at radius 2 is 2.50 bits per heavy atom. The fourth-order valence-corrected chi connectivity index (χ4v) is 3.03. The van der Waals surface area contributed by atoms with Gasteiger partial charge >= 0.3 is 0 Å². The Balaban J connectivity index is 2.78. The molecule has 0 bridgehead atoms. The first kappa shape index (κ1) is 10.2. The van der Waals surface area contributed by atoms with E-state index in [9.17, 15) is 4.55 Å². The van der Waals surface area contributed by atoms with Gasteiger partial charge in [-0.25, -0.2) is 0 Å². The molecule has 0 fully saturated rings. The fourth-order valence-electron chi connectivity index (χ4n) is 0.749. The highest BCUT2D eigenvalue weighted by atomic mass is 32.3. The molecule has 0 saturated carbocycles. The van der Waals surface area contributed by atoms with Crippen LogP contribution in [0.2, 0.25) is 0 Å². The molecule has 1 heterocycles. The summed E-state index contributed by atoms with van der Waals surface area (Å²) in [5, 5.41) is 2.02. The molecule has 0 amide bonds. The number of rotatable bonds is 3. The third kappa shape index (κ3) is 2.86. The minimum atomic E-state index is -0.857. The minimum Gasteiger partial charge on any atom is -0.611 e. The summed E-state index contributed by atoms with van der Waals surface area (Å²) in [6.07, 6.45) is 5.63. The average Bonchev–Trinajstić information content (AvgIpc) is 2.51. The Morgan fingerprint density at radius 3 is 2.92 bits per heavy atom. The molecule has 1 aromatic heterocycles. The van der Waals surface area contributed by atoms with Crippen LogP contribution in [-0.2, 0) is 11.2 Å². The molecule has 1 unspecified atom stereocenters. The van der Waals surface area contributed by atoms with Crippen LogP contribution in [-0.4, -0.2) is 17.1 Å². The van der Waals surface area contributed by atoms with Gasteiger partial charge in [-0.3, -0.25) is 0 Å². The Bertz CT molecular complexity index is 251. The lowest BCUT2D eigenvalue weighted by molar-refractivity contribution is 0.608. The van der Waals surface area contributed by atoms with Crippen LogP contribution >= 0.6 is 23.1 Å². The van der Waals surface area contributed by atoms with Gasteiger partial charge < -0.3 is 4.55 Å². The summed E-state index contributed by atoms with van der Waals surface area (Å²) in [4.78, 5) is 1.16. The van der Waals surface area contributed by atoms with E-state index in [1.54, 1.807) is 29.4 Å². The SMILES string of the molecule is CSC(=Cc1cccs1)[S+](C)[O-]. The van der Waals surface area contributed by atoms with Gasteiger partial charge in [0, 0.05) is 11.0 Å². The molecule has 66 valence electrons. The Hall–Kier alpha value is 0.1000. The van der Waals surface area contributed by atoms with E-state index in [2.05, 4.69) is 0 Å².